The molecule has 0 aromatic heterocycles. The summed E-state index contributed by atoms with van der Waals surface area (Å²) in [5, 5.41) is 0. The van der Waals surface area contributed by atoms with Crippen LogP contribution in [0.15, 0.2) is 0 Å². The van der Waals surface area contributed by atoms with Crippen LogP contribution in [0.1, 0.15) is 0 Å². The van der Waals surface area contributed by atoms with E-state index < -0.39 is 40.3 Å². The zero-order chi connectivity index (χ0) is 15.9. The molecule has 0 aliphatic rings. The summed E-state index contributed by atoms with van der Waals surface area (Å²) in [4.78, 5) is 0. The molecule has 116 valence electrons. The third kappa shape index (κ3) is 4.67. The van der Waals surface area contributed by atoms with Crippen LogP contribution in [0.3, 0.4) is 0 Å². The molecule has 0 amide bonds. The summed E-state index contributed by atoms with van der Waals surface area (Å²) in [6, 6.07) is 0. The van der Waals surface area contributed by atoms with Crippen molar-refractivity contribution >= 4 is 10.1 Å². The van der Waals surface area contributed by atoms with Gasteiger partial charge in [-0.1, -0.05) is 0 Å². The second-order valence-corrected chi connectivity index (χ2v) is 4.58. The summed E-state index contributed by atoms with van der Waals surface area (Å²) >= 11 is 0. The van der Waals surface area contributed by atoms with E-state index in [1.165, 1.54) is 0 Å². The van der Waals surface area contributed by atoms with Crippen LogP contribution in [0.25, 0.3) is 0 Å². The SMILES string of the molecule is O=S(=O)(CC(F)(F)C(F)(F)C(F)(F)F)OC(F)(F)F. The van der Waals surface area contributed by atoms with Gasteiger partial charge in [0.1, 0.15) is 5.75 Å². The normalized spacial score (nSPS) is 15.7. The van der Waals surface area contributed by atoms with Crippen molar-refractivity contribution in [3.63, 3.8) is 0 Å². The van der Waals surface area contributed by atoms with E-state index in [-0.39, 0.29) is 0 Å². The summed E-state index contributed by atoms with van der Waals surface area (Å²) in [5.74, 6) is -16.7. The molecule has 14 heteroatoms. The Kier molecular flexibility index (Phi) is 4.45. The molecule has 0 saturated heterocycles. The molecule has 0 aromatic rings. The summed E-state index contributed by atoms with van der Waals surface area (Å²) in [7, 11) is -6.40. The number of alkyl halides is 10. The van der Waals surface area contributed by atoms with Gasteiger partial charge in [0.05, 0.1) is 0 Å². The number of halogens is 10. The first-order valence-corrected chi connectivity index (χ1v) is 5.31. The van der Waals surface area contributed by atoms with Gasteiger partial charge < -0.3 is 0 Å². The second-order valence-electron chi connectivity index (χ2n) is 3.01. The van der Waals surface area contributed by atoms with Gasteiger partial charge in [0.25, 0.3) is 10.1 Å². The first kappa shape index (κ1) is 18.2. The monoisotopic (exact) mass is 332 g/mol. The minimum Gasteiger partial charge on any atom is -0.199 e. The zero-order valence-electron chi connectivity index (χ0n) is 8.12. The predicted octanol–water partition coefficient (Wildman–Crippen LogP) is 2.69. The largest absolute Gasteiger partial charge is 0.537 e. The zero-order valence-corrected chi connectivity index (χ0v) is 8.94. The smallest absolute Gasteiger partial charge is 0.199 e. The molecular formula is C5H2F10O3S. The molecule has 3 nitrogen and oxygen atoms in total. The first-order valence-electron chi connectivity index (χ1n) is 3.74. The average Bonchev–Trinajstić information content (AvgIpc) is 1.92. The molecule has 0 aliphatic carbocycles. The molecule has 19 heavy (non-hydrogen) atoms. The lowest BCUT2D eigenvalue weighted by Crippen LogP contribution is -2.55. The van der Waals surface area contributed by atoms with E-state index in [4.69, 9.17) is 0 Å². The van der Waals surface area contributed by atoms with Crippen molar-refractivity contribution in [3.8, 4) is 0 Å². The summed E-state index contributed by atoms with van der Waals surface area (Å²) in [6.07, 6.45) is -12.9. The van der Waals surface area contributed by atoms with Gasteiger partial charge in [-0.2, -0.15) is 43.3 Å². The Morgan fingerprint density at radius 1 is 0.789 bits per heavy atom. The topological polar surface area (TPSA) is 43.4 Å². The fourth-order valence-electron chi connectivity index (χ4n) is 0.693. The number of hydrogen-bond donors (Lipinski definition) is 0. The van der Waals surface area contributed by atoms with E-state index >= 15 is 0 Å². The van der Waals surface area contributed by atoms with Crippen LogP contribution in [0.4, 0.5) is 43.9 Å². The first-order chi connectivity index (χ1) is 7.91. The Morgan fingerprint density at radius 2 is 1.16 bits per heavy atom. The van der Waals surface area contributed by atoms with Crippen molar-refractivity contribution in [2.24, 2.45) is 0 Å². The molecule has 0 aromatic carbocycles. The van der Waals surface area contributed by atoms with Gasteiger partial charge in [-0.15, -0.1) is 13.2 Å². The molecule has 0 atom stereocenters. The maximum absolute atomic E-state index is 12.5. The molecule has 0 N–H and O–H groups in total. The highest BCUT2D eigenvalue weighted by Gasteiger charge is 2.74. The maximum Gasteiger partial charge on any atom is 0.537 e. The van der Waals surface area contributed by atoms with Gasteiger partial charge in [0, 0.05) is 0 Å². The molecule has 0 unspecified atom stereocenters. The van der Waals surface area contributed by atoms with E-state index in [0.29, 0.717) is 0 Å². The Hall–Kier alpha value is -0.790. The van der Waals surface area contributed by atoms with Gasteiger partial charge in [-0.3, -0.25) is 0 Å². The molecule has 0 spiro atoms. The van der Waals surface area contributed by atoms with Crippen LogP contribution in [0.2, 0.25) is 0 Å². The van der Waals surface area contributed by atoms with Gasteiger partial charge in [-0.25, -0.2) is 0 Å². The van der Waals surface area contributed by atoms with Crippen LogP contribution < -0.4 is 0 Å². The lowest BCUT2D eigenvalue weighted by atomic mass is 10.2. The molecule has 0 bridgehead atoms. The fraction of sp³-hybridized carbons (Fsp3) is 1.00. The highest BCUT2D eigenvalue weighted by molar-refractivity contribution is 7.86. The van der Waals surface area contributed by atoms with Crippen molar-refractivity contribution in [2.75, 3.05) is 5.75 Å². The van der Waals surface area contributed by atoms with Crippen LogP contribution >= 0.6 is 0 Å². The highest BCUT2D eigenvalue weighted by atomic mass is 32.2. The van der Waals surface area contributed by atoms with Crippen LogP contribution in [0.5, 0.6) is 0 Å². The standard InChI is InChI=1S/C5H2F10O3S/c6-2(7,3(8,9)4(10,11)12)1-19(16,17)18-5(13,14)15/h1H2. The van der Waals surface area contributed by atoms with Gasteiger partial charge in [0.2, 0.25) is 0 Å². The Balaban J connectivity index is 5.29. The van der Waals surface area contributed by atoms with Gasteiger partial charge in [0.15, 0.2) is 0 Å². The molecule has 0 rings (SSSR count). The van der Waals surface area contributed by atoms with E-state index in [1.54, 1.807) is 0 Å². The Bertz CT molecular complexity index is 417. The van der Waals surface area contributed by atoms with Gasteiger partial charge >= 0.3 is 24.4 Å². The third-order valence-electron chi connectivity index (χ3n) is 1.39. The summed E-state index contributed by atoms with van der Waals surface area (Å²) in [6.45, 7) is 0. The average molecular weight is 332 g/mol. The van der Waals surface area contributed by atoms with Gasteiger partial charge in [-0.05, 0) is 0 Å². The number of rotatable bonds is 4. The lowest BCUT2D eigenvalue weighted by molar-refractivity contribution is -0.349. The third-order valence-corrected chi connectivity index (χ3v) is 2.55. The van der Waals surface area contributed by atoms with Crippen molar-refractivity contribution in [3.05, 3.63) is 0 Å². The summed E-state index contributed by atoms with van der Waals surface area (Å²) in [5.41, 5.74) is 0. The molecular weight excluding hydrogens is 330 g/mol. The van der Waals surface area contributed by atoms with E-state index in [2.05, 4.69) is 4.18 Å². The Labute approximate surface area is 97.8 Å². The van der Waals surface area contributed by atoms with E-state index in [9.17, 15) is 52.3 Å². The van der Waals surface area contributed by atoms with Crippen molar-refractivity contribution in [1.29, 1.82) is 0 Å². The molecule has 0 fully saturated rings. The molecule has 0 heterocycles. The Morgan fingerprint density at radius 3 is 1.42 bits per heavy atom. The minimum atomic E-state index is -6.86. The minimum absolute atomic E-state index is 2.06. The van der Waals surface area contributed by atoms with Crippen molar-refractivity contribution in [2.45, 2.75) is 24.4 Å². The predicted molar refractivity (Wildman–Crippen MR) is 36.9 cm³/mol. The van der Waals surface area contributed by atoms with E-state index in [0.717, 1.165) is 0 Å². The molecule has 0 radical (unpaired) electrons. The van der Waals surface area contributed by atoms with Crippen molar-refractivity contribution in [1.82, 2.24) is 0 Å². The van der Waals surface area contributed by atoms with Crippen LogP contribution in [-0.4, -0.2) is 38.6 Å². The van der Waals surface area contributed by atoms with Crippen molar-refractivity contribution < 1.29 is 56.5 Å². The second kappa shape index (κ2) is 4.64. The van der Waals surface area contributed by atoms with Crippen LogP contribution in [-0.2, 0) is 14.3 Å². The van der Waals surface area contributed by atoms with Crippen LogP contribution in [0, 0.1) is 0 Å². The number of hydrogen-bond acceptors (Lipinski definition) is 3. The quantitative estimate of drug-likeness (QED) is 0.587. The molecule has 0 saturated carbocycles. The lowest BCUT2D eigenvalue weighted by Gasteiger charge is -2.27. The highest BCUT2D eigenvalue weighted by Crippen LogP contribution is 2.47. The maximum atomic E-state index is 12.5. The summed E-state index contributed by atoms with van der Waals surface area (Å²) < 4.78 is 141. The fourth-order valence-corrected chi connectivity index (χ4v) is 1.67. The van der Waals surface area contributed by atoms with E-state index in [1.807, 2.05) is 0 Å². The molecule has 0 aliphatic heterocycles.